The van der Waals surface area contributed by atoms with Crippen LogP contribution in [0, 0.1) is 12.3 Å². The van der Waals surface area contributed by atoms with Crippen molar-refractivity contribution in [2.45, 2.75) is 13.5 Å². The van der Waals surface area contributed by atoms with Crippen LogP contribution in [0.4, 0.5) is 0 Å². The highest BCUT2D eigenvalue weighted by Crippen LogP contribution is 1.92. The van der Waals surface area contributed by atoms with E-state index >= 15 is 0 Å². The van der Waals surface area contributed by atoms with Crippen molar-refractivity contribution in [3.63, 3.8) is 0 Å². The third kappa shape index (κ3) is 2.44. The predicted octanol–water partition coefficient (Wildman–Crippen LogP) is 0.0532. The normalized spacial score (nSPS) is 9.33. The fourth-order valence-electron chi connectivity index (χ4n) is 1.01. The summed E-state index contributed by atoms with van der Waals surface area (Å²) in [4.78, 5) is 26.6. The van der Waals surface area contributed by atoms with Gasteiger partial charge in [-0.2, -0.15) is 0 Å². The van der Waals surface area contributed by atoms with Gasteiger partial charge >= 0.3 is 5.97 Å². The second-order valence-electron chi connectivity index (χ2n) is 2.66. The number of aromatic nitrogens is 2. The van der Waals surface area contributed by atoms with E-state index in [1.807, 2.05) is 0 Å². The number of rotatable bonds is 3. The van der Waals surface area contributed by atoms with Gasteiger partial charge in [0.2, 0.25) is 0 Å². The maximum atomic E-state index is 11.6. The third-order valence-electron chi connectivity index (χ3n) is 1.66. The number of carbonyl (C=O) groups is 1. The molecule has 1 rings (SSSR count). The van der Waals surface area contributed by atoms with Crippen LogP contribution in [0.25, 0.3) is 0 Å². The Morgan fingerprint density at radius 2 is 2.47 bits per heavy atom. The van der Waals surface area contributed by atoms with Crippen molar-refractivity contribution in [2.75, 3.05) is 6.61 Å². The number of nitrogens with zero attached hydrogens (tertiary/aromatic N) is 2. The molecule has 5 heteroatoms. The number of hydrogen-bond donors (Lipinski definition) is 0. The van der Waals surface area contributed by atoms with Crippen LogP contribution in [0.3, 0.4) is 0 Å². The van der Waals surface area contributed by atoms with E-state index in [1.54, 1.807) is 6.92 Å². The Morgan fingerprint density at radius 3 is 3.07 bits per heavy atom. The molecular formula is C10H10N2O3. The van der Waals surface area contributed by atoms with Crippen LogP contribution in [0.15, 0.2) is 17.3 Å². The first kappa shape index (κ1) is 11.0. The lowest BCUT2D eigenvalue weighted by Crippen LogP contribution is -2.27. The standard InChI is InChI=1S/C10H10N2O3/c1-3-5-12-7-11-6-8(9(12)13)10(14)15-4-2/h1,6-7H,4-5H2,2H3. The minimum absolute atomic E-state index is 0.0824. The Balaban J connectivity index is 3.11. The quantitative estimate of drug-likeness (QED) is 0.518. The molecule has 0 atom stereocenters. The molecule has 1 aromatic heterocycles. The van der Waals surface area contributed by atoms with Crippen LogP contribution >= 0.6 is 0 Å². The van der Waals surface area contributed by atoms with E-state index in [2.05, 4.69) is 10.9 Å². The summed E-state index contributed by atoms with van der Waals surface area (Å²) in [5.41, 5.74) is -0.587. The van der Waals surface area contributed by atoms with Gasteiger partial charge < -0.3 is 4.74 Å². The molecule has 0 amide bonds. The zero-order chi connectivity index (χ0) is 11.3. The zero-order valence-electron chi connectivity index (χ0n) is 8.27. The molecule has 1 aromatic rings. The summed E-state index contributed by atoms with van der Waals surface area (Å²) in [5.74, 6) is 1.61. The summed E-state index contributed by atoms with van der Waals surface area (Å²) in [6, 6.07) is 0. The first-order valence-electron chi connectivity index (χ1n) is 4.35. The van der Waals surface area contributed by atoms with Gasteiger partial charge in [0.1, 0.15) is 5.56 Å². The SMILES string of the molecule is C#CCn1cncc(C(=O)OCC)c1=O. The van der Waals surface area contributed by atoms with Crippen molar-refractivity contribution in [3.8, 4) is 12.3 Å². The van der Waals surface area contributed by atoms with Crippen LogP contribution in [-0.4, -0.2) is 22.1 Å². The lowest BCUT2D eigenvalue weighted by Gasteiger charge is -2.03. The minimum Gasteiger partial charge on any atom is -0.462 e. The maximum absolute atomic E-state index is 11.6. The summed E-state index contributed by atoms with van der Waals surface area (Å²) >= 11 is 0. The van der Waals surface area contributed by atoms with Crippen molar-refractivity contribution in [2.24, 2.45) is 0 Å². The highest BCUT2D eigenvalue weighted by molar-refractivity contribution is 5.88. The van der Waals surface area contributed by atoms with E-state index < -0.39 is 11.5 Å². The molecule has 0 radical (unpaired) electrons. The fraction of sp³-hybridized carbons (Fsp3) is 0.300. The molecule has 0 unspecified atom stereocenters. The fourth-order valence-corrected chi connectivity index (χ4v) is 1.01. The van der Waals surface area contributed by atoms with Crippen molar-refractivity contribution in [1.29, 1.82) is 0 Å². The van der Waals surface area contributed by atoms with Gasteiger partial charge in [0.05, 0.1) is 19.5 Å². The lowest BCUT2D eigenvalue weighted by molar-refractivity contribution is 0.0523. The van der Waals surface area contributed by atoms with Crippen LogP contribution in [0.5, 0.6) is 0 Å². The summed E-state index contributed by atoms with van der Waals surface area (Å²) in [6.45, 7) is 1.95. The molecular weight excluding hydrogens is 196 g/mol. The number of esters is 1. The first-order chi connectivity index (χ1) is 7.20. The number of hydrogen-bond acceptors (Lipinski definition) is 4. The van der Waals surface area contributed by atoms with Crippen molar-refractivity contribution in [3.05, 3.63) is 28.4 Å². The van der Waals surface area contributed by atoms with Gasteiger partial charge in [0, 0.05) is 6.20 Å². The Bertz CT molecular complexity index is 456. The highest BCUT2D eigenvalue weighted by atomic mass is 16.5. The van der Waals surface area contributed by atoms with E-state index in [1.165, 1.54) is 17.1 Å². The average molecular weight is 206 g/mol. The molecule has 78 valence electrons. The Kier molecular flexibility index (Phi) is 3.63. The maximum Gasteiger partial charge on any atom is 0.345 e. The Labute approximate surface area is 86.7 Å². The van der Waals surface area contributed by atoms with Gasteiger partial charge in [-0.1, -0.05) is 5.92 Å². The molecule has 0 aliphatic heterocycles. The van der Waals surface area contributed by atoms with Crippen LogP contribution in [0.1, 0.15) is 17.3 Å². The molecule has 0 aliphatic carbocycles. The third-order valence-corrected chi connectivity index (χ3v) is 1.66. The van der Waals surface area contributed by atoms with Crippen molar-refractivity contribution < 1.29 is 9.53 Å². The zero-order valence-corrected chi connectivity index (χ0v) is 8.27. The molecule has 0 bridgehead atoms. The summed E-state index contributed by atoms with van der Waals surface area (Å²) < 4.78 is 5.87. The summed E-state index contributed by atoms with van der Waals surface area (Å²) in [7, 11) is 0. The number of terminal acetylenes is 1. The molecule has 0 aromatic carbocycles. The molecule has 1 heterocycles. The first-order valence-corrected chi connectivity index (χ1v) is 4.35. The lowest BCUT2D eigenvalue weighted by atomic mass is 10.3. The van der Waals surface area contributed by atoms with E-state index in [4.69, 9.17) is 11.2 Å². The summed E-state index contributed by atoms with van der Waals surface area (Å²) in [6.07, 6.45) is 7.52. The Morgan fingerprint density at radius 1 is 1.73 bits per heavy atom. The molecule has 5 nitrogen and oxygen atoms in total. The van der Waals surface area contributed by atoms with Gasteiger partial charge in [0.15, 0.2) is 0 Å². The molecule has 0 N–H and O–H groups in total. The molecule has 0 saturated carbocycles. The van der Waals surface area contributed by atoms with Gasteiger partial charge in [0.25, 0.3) is 5.56 Å². The molecule has 15 heavy (non-hydrogen) atoms. The smallest absolute Gasteiger partial charge is 0.345 e. The van der Waals surface area contributed by atoms with Crippen molar-refractivity contribution in [1.82, 2.24) is 9.55 Å². The predicted molar refractivity (Wildman–Crippen MR) is 53.3 cm³/mol. The van der Waals surface area contributed by atoms with Gasteiger partial charge in [-0.05, 0) is 6.92 Å². The minimum atomic E-state index is -0.679. The molecule has 0 saturated heterocycles. The second kappa shape index (κ2) is 4.96. The van der Waals surface area contributed by atoms with Crippen LogP contribution < -0.4 is 5.56 Å². The largest absolute Gasteiger partial charge is 0.462 e. The number of ether oxygens (including phenoxy) is 1. The van der Waals surface area contributed by atoms with Gasteiger partial charge in [-0.3, -0.25) is 9.36 Å². The van der Waals surface area contributed by atoms with E-state index in [0.29, 0.717) is 0 Å². The monoisotopic (exact) mass is 206 g/mol. The Hall–Kier alpha value is -2.09. The summed E-state index contributed by atoms with van der Waals surface area (Å²) in [5, 5.41) is 0. The molecule has 0 aliphatic rings. The topological polar surface area (TPSA) is 61.2 Å². The van der Waals surface area contributed by atoms with E-state index in [-0.39, 0.29) is 18.7 Å². The number of carbonyl (C=O) groups excluding carboxylic acids is 1. The second-order valence-corrected chi connectivity index (χ2v) is 2.66. The van der Waals surface area contributed by atoms with E-state index in [9.17, 15) is 9.59 Å². The molecule has 0 fully saturated rings. The van der Waals surface area contributed by atoms with E-state index in [0.717, 1.165) is 0 Å². The van der Waals surface area contributed by atoms with Gasteiger partial charge in [-0.25, -0.2) is 9.78 Å². The van der Waals surface area contributed by atoms with Gasteiger partial charge in [-0.15, -0.1) is 6.42 Å². The van der Waals surface area contributed by atoms with Crippen molar-refractivity contribution >= 4 is 5.97 Å². The average Bonchev–Trinajstić information content (AvgIpc) is 2.22. The highest BCUT2D eigenvalue weighted by Gasteiger charge is 2.13. The molecule has 0 spiro atoms. The van der Waals surface area contributed by atoms with Crippen LogP contribution in [-0.2, 0) is 11.3 Å². The van der Waals surface area contributed by atoms with Crippen LogP contribution in [0.2, 0.25) is 0 Å².